The van der Waals surface area contributed by atoms with Crippen molar-refractivity contribution in [2.24, 2.45) is 0 Å². The van der Waals surface area contributed by atoms with Crippen LogP contribution in [-0.2, 0) is 0 Å². The van der Waals surface area contributed by atoms with Crippen molar-refractivity contribution >= 4 is 15.9 Å². The molecule has 0 aliphatic heterocycles. The number of rotatable bonds is 10. The summed E-state index contributed by atoms with van der Waals surface area (Å²) in [6, 6.07) is 0.698. The summed E-state index contributed by atoms with van der Waals surface area (Å²) in [5.74, 6) is 0. The van der Waals surface area contributed by atoms with Crippen LogP contribution in [0.2, 0.25) is 0 Å². The van der Waals surface area contributed by atoms with Gasteiger partial charge in [0, 0.05) is 11.4 Å². The molecule has 0 heterocycles. The molecule has 0 aliphatic rings. The maximum absolute atomic E-state index is 3.47. The van der Waals surface area contributed by atoms with E-state index in [0.29, 0.717) is 6.04 Å². The van der Waals surface area contributed by atoms with E-state index in [1.54, 1.807) is 0 Å². The van der Waals surface area contributed by atoms with Crippen LogP contribution in [0.5, 0.6) is 0 Å². The molecule has 0 aromatic heterocycles. The highest BCUT2D eigenvalue weighted by Gasteiger charge is 2.01. The Labute approximate surface area is 105 Å². The SMILES string of the molecule is CC(C)N(C)CCCCCCCCCBr. The van der Waals surface area contributed by atoms with Gasteiger partial charge >= 0.3 is 0 Å². The van der Waals surface area contributed by atoms with Crippen molar-refractivity contribution in [2.75, 3.05) is 18.9 Å². The predicted molar refractivity (Wildman–Crippen MR) is 73.9 cm³/mol. The van der Waals surface area contributed by atoms with Crippen molar-refractivity contribution < 1.29 is 0 Å². The van der Waals surface area contributed by atoms with E-state index >= 15 is 0 Å². The van der Waals surface area contributed by atoms with Crippen LogP contribution in [0.4, 0.5) is 0 Å². The summed E-state index contributed by atoms with van der Waals surface area (Å²) < 4.78 is 0. The average molecular weight is 278 g/mol. The van der Waals surface area contributed by atoms with Crippen LogP contribution in [0.25, 0.3) is 0 Å². The van der Waals surface area contributed by atoms with Crippen molar-refractivity contribution in [3.8, 4) is 0 Å². The molecule has 0 aromatic carbocycles. The van der Waals surface area contributed by atoms with Gasteiger partial charge in [-0.15, -0.1) is 0 Å². The van der Waals surface area contributed by atoms with Gasteiger partial charge in [0.15, 0.2) is 0 Å². The molecule has 1 nitrogen and oxygen atoms in total. The van der Waals surface area contributed by atoms with Gasteiger partial charge in [0.2, 0.25) is 0 Å². The molecule has 0 radical (unpaired) electrons. The standard InChI is InChI=1S/C13H28BrN/c1-13(2)15(3)12-10-8-6-4-5-7-9-11-14/h13H,4-12H2,1-3H3. The monoisotopic (exact) mass is 277 g/mol. The van der Waals surface area contributed by atoms with Gasteiger partial charge in [0.1, 0.15) is 0 Å². The smallest absolute Gasteiger partial charge is 0.00355 e. The molecule has 0 aromatic rings. The highest BCUT2D eigenvalue weighted by atomic mass is 79.9. The molecule has 0 saturated heterocycles. The summed E-state index contributed by atoms with van der Waals surface area (Å²) in [5, 5.41) is 1.17. The van der Waals surface area contributed by atoms with Crippen LogP contribution in [0.3, 0.4) is 0 Å². The number of unbranched alkanes of at least 4 members (excludes halogenated alkanes) is 6. The lowest BCUT2D eigenvalue weighted by Gasteiger charge is -2.20. The highest BCUT2D eigenvalue weighted by molar-refractivity contribution is 9.09. The zero-order chi connectivity index (χ0) is 11.5. The Morgan fingerprint density at radius 3 is 1.80 bits per heavy atom. The molecule has 0 spiro atoms. The highest BCUT2D eigenvalue weighted by Crippen LogP contribution is 2.08. The second kappa shape index (κ2) is 10.9. The molecule has 0 aliphatic carbocycles. The quantitative estimate of drug-likeness (QED) is 0.421. The molecule has 15 heavy (non-hydrogen) atoms. The lowest BCUT2D eigenvalue weighted by atomic mass is 10.1. The molecular weight excluding hydrogens is 250 g/mol. The van der Waals surface area contributed by atoms with E-state index in [4.69, 9.17) is 0 Å². The minimum Gasteiger partial charge on any atom is -0.304 e. The van der Waals surface area contributed by atoms with Gasteiger partial charge in [-0.25, -0.2) is 0 Å². The second-order valence-corrected chi connectivity index (χ2v) is 5.53. The second-order valence-electron chi connectivity index (χ2n) is 4.74. The van der Waals surface area contributed by atoms with Crippen molar-refractivity contribution in [3.05, 3.63) is 0 Å². The first-order valence-corrected chi connectivity index (χ1v) is 7.57. The molecule has 0 saturated carbocycles. The maximum Gasteiger partial charge on any atom is 0.00355 e. The summed E-state index contributed by atoms with van der Waals surface area (Å²) in [5.41, 5.74) is 0. The fraction of sp³-hybridized carbons (Fsp3) is 1.00. The fourth-order valence-electron chi connectivity index (χ4n) is 1.60. The Morgan fingerprint density at radius 1 is 0.867 bits per heavy atom. The van der Waals surface area contributed by atoms with E-state index in [9.17, 15) is 0 Å². The van der Waals surface area contributed by atoms with Crippen LogP contribution in [0.15, 0.2) is 0 Å². The third kappa shape index (κ3) is 10.7. The zero-order valence-corrected chi connectivity index (χ0v) is 12.4. The van der Waals surface area contributed by atoms with Gasteiger partial charge in [-0.05, 0) is 40.3 Å². The van der Waals surface area contributed by atoms with Crippen molar-refractivity contribution in [2.45, 2.75) is 64.8 Å². The molecule has 0 amide bonds. The average Bonchev–Trinajstić information content (AvgIpc) is 2.21. The molecule has 0 unspecified atom stereocenters. The van der Waals surface area contributed by atoms with Gasteiger partial charge in [-0.2, -0.15) is 0 Å². The van der Waals surface area contributed by atoms with Crippen LogP contribution >= 0.6 is 15.9 Å². The summed E-state index contributed by atoms with van der Waals surface area (Å²) in [7, 11) is 2.22. The molecule has 2 heteroatoms. The number of halogens is 1. The Hall–Kier alpha value is 0.440. The van der Waals surface area contributed by atoms with E-state index in [0.717, 1.165) is 0 Å². The normalized spacial score (nSPS) is 11.6. The Balaban J connectivity index is 3.05. The van der Waals surface area contributed by atoms with Gasteiger partial charge in [-0.1, -0.05) is 48.0 Å². The summed E-state index contributed by atoms with van der Waals surface area (Å²) in [4.78, 5) is 2.44. The summed E-state index contributed by atoms with van der Waals surface area (Å²) in [6.07, 6.45) is 9.80. The first-order chi connectivity index (χ1) is 7.18. The van der Waals surface area contributed by atoms with E-state index < -0.39 is 0 Å². The summed E-state index contributed by atoms with van der Waals surface area (Å²) >= 11 is 3.47. The Kier molecular flexibility index (Phi) is 11.3. The van der Waals surface area contributed by atoms with E-state index in [1.807, 2.05) is 0 Å². The van der Waals surface area contributed by atoms with Crippen LogP contribution in [0.1, 0.15) is 58.8 Å². The van der Waals surface area contributed by atoms with Gasteiger partial charge < -0.3 is 4.90 Å². The number of alkyl halides is 1. The Morgan fingerprint density at radius 2 is 1.33 bits per heavy atom. The largest absolute Gasteiger partial charge is 0.304 e. The lowest BCUT2D eigenvalue weighted by molar-refractivity contribution is 0.267. The molecule has 0 atom stereocenters. The summed E-state index contributed by atoms with van der Waals surface area (Å²) in [6.45, 7) is 5.79. The lowest BCUT2D eigenvalue weighted by Crippen LogP contribution is -2.27. The van der Waals surface area contributed by atoms with Crippen molar-refractivity contribution in [1.29, 1.82) is 0 Å². The molecule has 0 N–H and O–H groups in total. The fourth-order valence-corrected chi connectivity index (χ4v) is 1.99. The van der Waals surface area contributed by atoms with Crippen molar-refractivity contribution in [1.82, 2.24) is 4.90 Å². The molecular formula is C13H28BrN. The maximum atomic E-state index is 3.47. The zero-order valence-electron chi connectivity index (χ0n) is 10.8. The minimum atomic E-state index is 0.698. The molecule has 0 rings (SSSR count). The topological polar surface area (TPSA) is 3.24 Å². The number of hydrogen-bond acceptors (Lipinski definition) is 1. The third-order valence-electron chi connectivity index (χ3n) is 3.03. The predicted octanol–water partition coefficient (Wildman–Crippen LogP) is 4.45. The first kappa shape index (κ1) is 15.4. The molecule has 92 valence electrons. The third-order valence-corrected chi connectivity index (χ3v) is 3.59. The minimum absolute atomic E-state index is 0.698. The van der Waals surface area contributed by atoms with Crippen LogP contribution in [-0.4, -0.2) is 29.9 Å². The van der Waals surface area contributed by atoms with Gasteiger partial charge in [0.25, 0.3) is 0 Å². The van der Waals surface area contributed by atoms with Gasteiger partial charge in [0.05, 0.1) is 0 Å². The number of nitrogens with zero attached hydrogens (tertiary/aromatic N) is 1. The van der Waals surface area contributed by atoms with Gasteiger partial charge in [-0.3, -0.25) is 0 Å². The molecule has 0 fully saturated rings. The van der Waals surface area contributed by atoms with Crippen LogP contribution in [0, 0.1) is 0 Å². The van der Waals surface area contributed by atoms with Crippen molar-refractivity contribution in [3.63, 3.8) is 0 Å². The first-order valence-electron chi connectivity index (χ1n) is 6.44. The van der Waals surface area contributed by atoms with E-state index in [2.05, 4.69) is 41.7 Å². The molecule has 0 bridgehead atoms. The van der Waals surface area contributed by atoms with E-state index in [1.165, 1.54) is 56.8 Å². The number of hydrogen-bond donors (Lipinski definition) is 0. The Bertz CT molecular complexity index is 126. The van der Waals surface area contributed by atoms with E-state index in [-0.39, 0.29) is 0 Å². The van der Waals surface area contributed by atoms with Crippen LogP contribution < -0.4 is 0 Å².